The summed E-state index contributed by atoms with van der Waals surface area (Å²) < 4.78 is 0. The molecule has 3 aliphatic heterocycles. The van der Waals surface area contributed by atoms with Gasteiger partial charge in [-0.25, -0.2) is 0 Å². The Kier molecular flexibility index (Phi) is 3.37. The molecule has 5 rings (SSSR count). The molecule has 116 valence electrons. The van der Waals surface area contributed by atoms with Gasteiger partial charge in [0.15, 0.2) is 5.69 Å². The van der Waals surface area contributed by atoms with Crippen LogP contribution in [0.1, 0.15) is 35.8 Å². The molecule has 0 unspecified atom stereocenters. The fourth-order valence-corrected chi connectivity index (χ4v) is 3.82. The van der Waals surface area contributed by atoms with Crippen molar-refractivity contribution in [3.8, 4) is 0 Å². The van der Waals surface area contributed by atoms with Crippen LogP contribution in [0, 0.1) is 5.92 Å². The zero-order chi connectivity index (χ0) is 15.1. The molecule has 2 bridgehead atoms. The zero-order valence-corrected chi connectivity index (χ0v) is 12.9. The van der Waals surface area contributed by atoms with Gasteiger partial charge >= 0.3 is 0 Å². The number of aromatic nitrogens is 2. The largest absolute Gasteiger partial charge is 0.346 e. The van der Waals surface area contributed by atoms with Crippen LogP contribution in [0.2, 0.25) is 0 Å². The number of carbonyl (C=O) groups excluding carboxylic acids is 1. The van der Waals surface area contributed by atoms with Crippen LogP contribution in [0.15, 0.2) is 18.2 Å². The number of aromatic amines is 1. The van der Waals surface area contributed by atoms with Crippen molar-refractivity contribution in [2.75, 3.05) is 19.6 Å². The number of hydrogen-bond donors (Lipinski definition) is 2. The van der Waals surface area contributed by atoms with Crippen molar-refractivity contribution in [2.45, 2.75) is 32.2 Å². The number of hydrogen-bond acceptors (Lipinski definition) is 3. The smallest absolute Gasteiger partial charge is 0.272 e. The summed E-state index contributed by atoms with van der Waals surface area (Å²) in [5.41, 5.74) is 2.68. The van der Waals surface area contributed by atoms with E-state index in [9.17, 15) is 4.79 Å². The van der Waals surface area contributed by atoms with Crippen LogP contribution in [0.25, 0.3) is 10.9 Å². The summed E-state index contributed by atoms with van der Waals surface area (Å²) in [5, 5.41) is 11.4. The number of fused-ring (bicyclic) bond motifs is 4. The first-order valence-corrected chi connectivity index (χ1v) is 8.25. The van der Waals surface area contributed by atoms with Crippen molar-refractivity contribution in [2.24, 2.45) is 5.92 Å². The van der Waals surface area contributed by atoms with Gasteiger partial charge in [-0.3, -0.25) is 9.89 Å². The molecule has 5 nitrogen and oxygen atoms in total. The summed E-state index contributed by atoms with van der Waals surface area (Å²) >= 11 is 0. The van der Waals surface area contributed by atoms with Gasteiger partial charge < -0.3 is 10.2 Å². The van der Waals surface area contributed by atoms with Crippen LogP contribution < -0.4 is 5.32 Å². The monoisotopic (exact) mass is 298 g/mol. The number of piperidine rings is 3. The molecule has 3 saturated heterocycles. The predicted octanol–water partition coefficient (Wildman–Crippen LogP) is 1.95. The Morgan fingerprint density at radius 2 is 2.23 bits per heavy atom. The number of aryl methyl sites for hydroxylation is 1. The number of H-pyrrole nitrogens is 1. The van der Waals surface area contributed by atoms with Gasteiger partial charge in [0.05, 0.1) is 5.52 Å². The van der Waals surface area contributed by atoms with Gasteiger partial charge in [-0.15, -0.1) is 0 Å². The number of benzene rings is 1. The van der Waals surface area contributed by atoms with Gasteiger partial charge in [0.2, 0.25) is 0 Å². The summed E-state index contributed by atoms with van der Waals surface area (Å²) in [6.45, 7) is 5.47. The number of nitrogens with one attached hydrogen (secondary N) is 2. The lowest BCUT2D eigenvalue weighted by atomic mass is 9.84. The Bertz CT molecular complexity index is 700. The Morgan fingerprint density at radius 3 is 2.91 bits per heavy atom. The molecule has 0 saturated carbocycles. The second kappa shape index (κ2) is 5.39. The van der Waals surface area contributed by atoms with Crippen LogP contribution in [0.3, 0.4) is 0 Å². The lowest BCUT2D eigenvalue weighted by Gasteiger charge is -2.44. The van der Waals surface area contributed by atoms with Gasteiger partial charge in [0.1, 0.15) is 0 Å². The Hall–Kier alpha value is -1.88. The molecule has 2 aromatic rings. The molecule has 2 N–H and O–H groups in total. The molecule has 4 heterocycles. The van der Waals surface area contributed by atoms with Crippen LogP contribution in [0.4, 0.5) is 0 Å². The first kappa shape index (κ1) is 13.8. The molecule has 0 spiro atoms. The second-order valence-corrected chi connectivity index (χ2v) is 6.52. The van der Waals surface area contributed by atoms with E-state index in [2.05, 4.69) is 39.5 Å². The molecule has 1 amide bonds. The maximum Gasteiger partial charge on any atom is 0.272 e. The van der Waals surface area contributed by atoms with Crippen molar-refractivity contribution < 1.29 is 4.79 Å². The zero-order valence-electron chi connectivity index (χ0n) is 12.9. The minimum Gasteiger partial charge on any atom is -0.346 e. The van der Waals surface area contributed by atoms with Gasteiger partial charge in [0.25, 0.3) is 5.91 Å². The maximum atomic E-state index is 12.7. The van der Waals surface area contributed by atoms with E-state index in [0.717, 1.165) is 23.9 Å². The van der Waals surface area contributed by atoms with E-state index in [1.54, 1.807) is 0 Å². The lowest BCUT2D eigenvalue weighted by molar-refractivity contribution is 0.0618. The third-order valence-corrected chi connectivity index (χ3v) is 5.22. The van der Waals surface area contributed by atoms with Crippen molar-refractivity contribution in [1.29, 1.82) is 0 Å². The van der Waals surface area contributed by atoms with Crippen LogP contribution in [0.5, 0.6) is 0 Å². The molecule has 5 heteroatoms. The SMILES string of the molecule is CCc1ccc2[nH]nc(C(=O)N[C@@H]3CN4CCC3CC4)c2c1. The van der Waals surface area contributed by atoms with Gasteiger partial charge in [-0.2, -0.15) is 5.10 Å². The first-order chi connectivity index (χ1) is 10.7. The average molecular weight is 298 g/mol. The molecule has 22 heavy (non-hydrogen) atoms. The highest BCUT2D eigenvalue weighted by Crippen LogP contribution is 2.28. The predicted molar refractivity (Wildman–Crippen MR) is 85.9 cm³/mol. The van der Waals surface area contributed by atoms with Gasteiger partial charge in [-0.1, -0.05) is 13.0 Å². The molecular formula is C17H22N4O. The fourth-order valence-electron chi connectivity index (χ4n) is 3.82. The summed E-state index contributed by atoms with van der Waals surface area (Å²) in [6.07, 6.45) is 3.36. The highest BCUT2D eigenvalue weighted by molar-refractivity contribution is 6.04. The quantitative estimate of drug-likeness (QED) is 0.910. The van der Waals surface area contributed by atoms with E-state index in [-0.39, 0.29) is 11.9 Å². The fraction of sp³-hybridized carbons (Fsp3) is 0.529. The lowest BCUT2D eigenvalue weighted by Crippen LogP contribution is -2.57. The van der Waals surface area contributed by atoms with Gasteiger partial charge in [0, 0.05) is 18.0 Å². The summed E-state index contributed by atoms with van der Waals surface area (Å²) in [4.78, 5) is 15.1. The van der Waals surface area contributed by atoms with Crippen molar-refractivity contribution in [3.63, 3.8) is 0 Å². The van der Waals surface area contributed by atoms with Crippen LogP contribution >= 0.6 is 0 Å². The molecule has 1 atom stereocenters. The highest BCUT2D eigenvalue weighted by Gasteiger charge is 2.35. The third-order valence-electron chi connectivity index (χ3n) is 5.22. The van der Waals surface area contributed by atoms with Crippen LogP contribution in [-0.2, 0) is 6.42 Å². The van der Waals surface area contributed by atoms with E-state index in [1.807, 2.05) is 6.07 Å². The summed E-state index contributed by atoms with van der Waals surface area (Å²) in [7, 11) is 0. The average Bonchev–Trinajstić information content (AvgIpc) is 2.99. The van der Waals surface area contributed by atoms with Gasteiger partial charge in [-0.05, 0) is 56.0 Å². The topological polar surface area (TPSA) is 61.0 Å². The molecule has 1 aromatic heterocycles. The number of nitrogens with zero attached hydrogens (tertiary/aromatic N) is 2. The maximum absolute atomic E-state index is 12.7. The van der Waals surface area contributed by atoms with E-state index in [4.69, 9.17) is 0 Å². The molecule has 1 aromatic carbocycles. The Balaban J connectivity index is 1.57. The first-order valence-electron chi connectivity index (χ1n) is 8.25. The Labute approximate surface area is 130 Å². The minimum absolute atomic E-state index is 0.0433. The number of carbonyl (C=O) groups is 1. The van der Waals surface area contributed by atoms with Crippen molar-refractivity contribution >= 4 is 16.8 Å². The standard InChI is InChI=1S/C17H22N4O/c1-2-11-3-4-14-13(9-11)16(20-19-14)17(22)18-15-10-21-7-5-12(15)6-8-21/h3-4,9,12,15H,2,5-8,10H2,1H3,(H,18,22)(H,19,20)/t15-/m1/s1. The normalized spacial score (nSPS) is 27.2. The highest BCUT2D eigenvalue weighted by atomic mass is 16.2. The van der Waals surface area contributed by atoms with Crippen molar-refractivity contribution in [3.05, 3.63) is 29.5 Å². The summed E-state index contributed by atoms with van der Waals surface area (Å²) in [6, 6.07) is 6.43. The number of rotatable bonds is 3. The molecule has 3 fully saturated rings. The van der Waals surface area contributed by atoms with E-state index >= 15 is 0 Å². The molecule has 0 aliphatic carbocycles. The second-order valence-electron chi connectivity index (χ2n) is 6.52. The molecule has 0 radical (unpaired) electrons. The molecule has 3 aliphatic rings. The van der Waals surface area contributed by atoms with Crippen LogP contribution in [-0.4, -0.2) is 46.7 Å². The van der Waals surface area contributed by atoms with E-state index in [0.29, 0.717) is 11.6 Å². The summed E-state index contributed by atoms with van der Waals surface area (Å²) in [5.74, 6) is 0.587. The third kappa shape index (κ3) is 2.29. The Morgan fingerprint density at radius 1 is 1.41 bits per heavy atom. The van der Waals surface area contributed by atoms with Crippen molar-refractivity contribution in [1.82, 2.24) is 20.4 Å². The van der Waals surface area contributed by atoms with E-state index in [1.165, 1.54) is 31.5 Å². The molecular weight excluding hydrogens is 276 g/mol. The van der Waals surface area contributed by atoms with E-state index < -0.39 is 0 Å². The minimum atomic E-state index is -0.0433. The number of amides is 1.